The lowest BCUT2D eigenvalue weighted by Crippen LogP contribution is -2.44. The Balaban J connectivity index is 2.05. The third-order valence-corrected chi connectivity index (χ3v) is 4.59. The zero-order chi connectivity index (χ0) is 15.3. The van der Waals surface area contributed by atoms with Gasteiger partial charge in [-0.1, -0.05) is 0 Å². The second-order valence-corrected chi connectivity index (χ2v) is 6.31. The molecule has 6 nitrogen and oxygen atoms in total. The van der Waals surface area contributed by atoms with Crippen LogP contribution in [0.25, 0.3) is 0 Å². The Kier molecular flexibility index (Phi) is 5.55. The van der Waals surface area contributed by atoms with E-state index in [-0.39, 0.29) is 11.1 Å². The van der Waals surface area contributed by atoms with Gasteiger partial charge in [0.15, 0.2) is 0 Å². The average molecular weight is 358 g/mol. The van der Waals surface area contributed by atoms with Crippen LogP contribution in [0.15, 0.2) is 22.7 Å². The maximum absolute atomic E-state index is 10.7. The SMILES string of the molecule is COCC1(CNc2ccc([N+](=O)[O-])cc2Br)CCNCC1. The molecule has 21 heavy (non-hydrogen) atoms. The number of benzene rings is 1. The average Bonchev–Trinajstić information content (AvgIpc) is 2.47. The molecule has 0 radical (unpaired) electrons. The molecule has 0 atom stereocenters. The quantitative estimate of drug-likeness (QED) is 0.604. The van der Waals surface area contributed by atoms with Gasteiger partial charge in [0.05, 0.1) is 11.5 Å². The van der Waals surface area contributed by atoms with Crippen LogP contribution in [0.1, 0.15) is 12.8 Å². The molecule has 1 saturated heterocycles. The van der Waals surface area contributed by atoms with Crippen LogP contribution >= 0.6 is 15.9 Å². The van der Waals surface area contributed by atoms with Crippen molar-refractivity contribution in [3.63, 3.8) is 0 Å². The molecule has 0 amide bonds. The molecule has 116 valence electrons. The Morgan fingerprint density at radius 1 is 1.48 bits per heavy atom. The topological polar surface area (TPSA) is 76.4 Å². The summed E-state index contributed by atoms with van der Waals surface area (Å²) < 4.78 is 6.09. The molecule has 1 aliphatic heterocycles. The first-order chi connectivity index (χ1) is 10.1. The van der Waals surface area contributed by atoms with Crippen molar-refractivity contribution in [2.75, 3.05) is 38.7 Å². The predicted molar refractivity (Wildman–Crippen MR) is 85.7 cm³/mol. The molecule has 0 saturated carbocycles. The van der Waals surface area contributed by atoms with Gasteiger partial charge in [-0.05, 0) is 47.9 Å². The number of ether oxygens (including phenoxy) is 1. The van der Waals surface area contributed by atoms with E-state index < -0.39 is 4.92 Å². The first-order valence-corrected chi connectivity index (χ1v) is 7.73. The standard InChI is InChI=1S/C14H20BrN3O3/c1-21-10-14(4-6-16-7-5-14)9-17-13-3-2-11(18(19)20)8-12(13)15/h2-3,8,16-17H,4-7,9-10H2,1H3. The monoisotopic (exact) mass is 357 g/mol. The van der Waals surface area contributed by atoms with E-state index in [4.69, 9.17) is 4.74 Å². The molecule has 0 bridgehead atoms. The summed E-state index contributed by atoms with van der Waals surface area (Å²) in [5.74, 6) is 0. The van der Waals surface area contributed by atoms with Crippen molar-refractivity contribution in [3.8, 4) is 0 Å². The van der Waals surface area contributed by atoms with E-state index in [0.717, 1.165) is 38.2 Å². The lowest BCUT2D eigenvalue weighted by molar-refractivity contribution is -0.384. The number of halogens is 1. The molecule has 0 spiro atoms. The van der Waals surface area contributed by atoms with E-state index in [1.807, 2.05) is 0 Å². The normalized spacial score (nSPS) is 17.4. The van der Waals surface area contributed by atoms with Gasteiger partial charge >= 0.3 is 0 Å². The second kappa shape index (κ2) is 7.20. The molecule has 0 unspecified atom stereocenters. The van der Waals surface area contributed by atoms with Gasteiger partial charge < -0.3 is 15.4 Å². The fraction of sp³-hybridized carbons (Fsp3) is 0.571. The molecule has 2 N–H and O–H groups in total. The summed E-state index contributed by atoms with van der Waals surface area (Å²) in [7, 11) is 1.73. The summed E-state index contributed by atoms with van der Waals surface area (Å²) in [6.45, 7) is 3.49. The van der Waals surface area contributed by atoms with Gasteiger partial charge in [0, 0.05) is 41.4 Å². The van der Waals surface area contributed by atoms with Gasteiger partial charge in [0.25, 0.3) is 5.69 Å². The highest BCUT2D eigenvalue weighted by Crippen LogP contribution is 2.32. The maximum atomic E-state index is 10.7. The predicted octanol–water partition coefficient (Wildman–Crippen LogP) is 2.79. The summed E-state index contributed by atoms with van der Waals surface area (Å²) in [6.07, 6.45) is 2.11. The first-order valence-electron chi connectivity index (χ1n) is 6.94. The zero-order valence-electron chi connectivity index (χ0n) is 12.0. The highest BCUT2D eigenvalue weighted by molar-refractivity contribution is 9.10. The summed E-state index contributed by atoms with van der Waals surface area (Å²) in [5.41, 5.74) is 1.07. The van der Waals surface area contributed by atoms with Crippen molar-refractivity contribution in [3.05, 3.63) is 32.8 Å². The fourth-order valence-electron chi connectivity index (χ4n) is 2.68. The summed E-state index contributed by atoms with van der Waals surface area (Å²) in [4.78, 5) is 10.4. The number of piperidine rings is 1. The molecule has 0 aliphatic carbocycles. The van der Waals surface area contributed by atoms with Crippen LogP contribution in [-0.4, -0.2) is 38.3 Å². The minimum Gasteiger partial charge on any atom is -0.384 e. The number of hydrogen-bond donors (Lipinski definition) is 2. The van der Waals surface area contributed by atoms with E-state index in [1.165, 1.54) is 12.1 Å². The highest BCUT2D eigenvalue weighted by atomic mass is 79.9. The van der Waals surface area contributed by atoms with E-state index >= 15 is 0 Å². The molecular formula is C14H20BrN3O3. The third kappa shape index (κ3) is 4.15. The molecule has 1 heterocycles. The number of nitro groups is 1. The highest BCUT2D eigenvalue weighted by Gasteiger charge is 2.32. The van der Waals surface area contributed by atoms with Crippen molar-refractivity contribution < 1.29 is 9.66 Å². The molecule has 7 heteroatoms. The van der Waals surface area contributed by atoms with Gasteiger partial charge in [0.2, 0.25) is 0 Å². The van der Waals surface area contributed by atoms with Crippen molar-refractivity contribution in [1.29, 1.82) is 0 Å². The molecule has 1 aromatic rings. The number of nitro benzene ring substituents is 1. The number of methoxy groups -OCH3 is 1. The summed E-state index contributed by atoms with van der Waals surface area (Å²) in [5, 5.41) is 17.5. The van der Waals surface area contributed by atoms with Crippen molar-refractivity contribution in [2.45, 2.75) is 12.8 Å². The van der Waals surface area contributed by atoms with Crippen LogP contribution in [0.2, 0.25) is 0 Å². The van der Waals surface area contributed by atoms with Crippen LogP contribution in [0.4, 0.5) is 11.4 Å². The molecule has 1 aliphatic rings. The smallest absolute Gasteiger partial charge is 0.270 e. The van der Waals surface area contributed by atoms with E-state index in [2.05, 4.69) is 26.6 Å². The number of anilines is 1. The Bertz CT molecular complexity index is 499. The Hall–Kier alpha value is -1.18. The van der Waals surface area contributed by atoms with Gasteiger partial charge in [-0.25, -0.2) is 0 Å². The first kappa shape index (κ1) is 16.2. The second-order valence-electron chi connectivity index (χ2n) is 5.46. The number of hydrogen-bond acceptors (Lipinski definition) is 5. The number of nitrogens with zero attached hydrogens (tertiary/aromatic N) is 1. The van der Waals surface area contributed by atoms with Crippen LogP contribution in [0, 0.1) is 15.5 Å². The largest absolute Gasteiger partial charge is 0.384 e. The van der Waals surface area contributed by atoms with Crippen LogP contribution in [0.5, 0.6) is 0 Å². The Morgan fingerprint density at radius 3 is 2.76 bits per heavy atom. The fourth-order valence-corrected chi connectivity index (χ4v) is 3.19. The van der Waals surface area contributed by atoms with Crippen LogP contribution in [-0.2, 0) is 4.74 Å². The molecule has 0 aromatic heterocycles. The van der Waals surface area contributed by atoms with E-state index in [9.17, 15) is 10.1 Å². The van der Waals surface area contributed by atoms with Crippen molar-refractivity contribution in [2.24, 2.45) is 5.41 Å². The van der Waals surface area contributed by atoms with Crippen molar-refractivity contribution >= 4 is 27.3 Å². The van der Waals surface area contributed by atoms with Crippen LogP contribution < -0.4 is 10.6 Å². The maximum Gasteiger partial charge on any atom is 0.270 e. The third-order valence-electron chi connectivity index (χ3n) is 3.93. The number of rotatable bonds is 6. The van der Waals surface area contributed by atoms with E-state index in [1.54, 1.807) is 13.2 Å². The Labute approximate surface area is 132 Å². The lowest BCUT2D eigenvalue weighted by atomic mass is 9.79. The van der Waals surface area contributed by atoms with E-state index in [0.29, 0.717) is 11.1 Å². The van der Waals surface area contributed by atoms with Gasteiger partial charge in [-0.3, -0.25) is 10.1 Å². The van der Waals surface area contributed by atoms with Gasteiger partial charge in [-0.2, -0.15) is 0 Å². The van der Waals surface area contributed by atoms with Gasteiger partial charge in [0.1, 0.15) is 0 Å². The molecule has 1 aromatic carbocycles. The summed E-state index contributed by atoms with van der Waals surface area (Å²) in [6, 6.07) is 4.77. The lowest BCUT2D eigenvalue weighted by Gasteiger charge is -2.37. The Morgan fingerprint density at radius 2 is 2.19 bits per heavy atom. The number of non-ortho nitro benzene ring substituents is 1. The van der Waals surface area contributed by atoms with Crippen molar-refractivity contribution in [1.82, 2.24) is 5.32 Å². The zero-order valence-corrected chi connectivity index (χ0v) is 13.6. The van der Waals surface area contributed by atoms with Crippen LogP contribution in [0.3, 0.4) is 0 Å². The molecular weight excluding hydrogens is 338 g/mol. The summed E-state index contributed by atoms with van der Waals surface area (Å²) >= 11 is 3.39. The minimum atomic E-state index is -0.395. The number of nitrogens with one attached hydrogen (secondary N) is 2. The molecule has 2 rings (SSSR count). The van der Waals surface area contributed by atoms with Gasteiger partial charge in [-0.15, -0.1) is 0 Å². The minimum absolute atomic E-state index is 0.0842. The molecule has 1 fully saturated rings.